The second-order valence-electron chi connectivity index (χ2n) is 6.63. The van der Waals surface area contributed by atoms with Crippen LogP contribution in [0.2, 0.25) is 0 Å². The molecule has 0 aromatic heterocycles. The fourth-order valence-corrected chi connectivity index (χ4v) is 2.51. The number of nitrogens with zero attached hydrogens (tertiary/aromatic N) is 1. The molecule has 0 saturated carbocycles. The van der Waals surface area contributed by atoms with Gasteiger partial charge in [-0.1, -0.05) is 78.1 Å². The summed E-state index contributed by atoms with van der Waals surface area (Å²) < 4.78 is 0. The number of hydrogen-bond donors (Lipinski definition) is 0. The van der Waals surface area contributed by atoms with Crippen LogP contribution in [0.3, 0.4) is 0 Å². The number of unbranched alkanes of at least 4 members (excludes halogenated alkanes) is 9. The Balaban J connectivity index is 3.35. The Kier molecular flexibility index (Phi) is 12.9. The molecule has 0 N–H and O–H groups in total. The largest absolute Gasteiger partial charge is 0.236 e. The minimum absolute atomic E-state index is 0.218. The maximum absolute atomic E-state index is 4.88. The van der Waals surface area contributed by atoms with E-state index in [2.05, 4.69) is 27.7 Å². The molecule has 0 bridgehead atoms. The van der Waals surface area contributed by atoms with Gasteiger partial charge in [-0.2, -0.15) is 0 Å². The normalized spacial score (nSPS) is 12.0. The molecule has 0 amide bonds. The maximum Gasteiger partial charge on any atom is 0.0300 e. The number of rotatable bonds is 14. The lowest BCUT2D eigenvalue weighted by atomic mass is 9.95. The third-order valence-electron chi connectivity index (χ3n) is 3.94. The van der Waals surface area contributed by atoms with Crippen molar-refractivity contribution in [3.05, 3.63) is 0 Å². The second-order valence-corrected chi connectivity index (χ2v) is 6.63. The Morgan fingerprint density at radius 1 is 0.632 bits per heavy atom. The fraction of sp³-hybridized carbons (Fsp3) is 1.00. The fourth-order valence-electron chi connectivity index (χ4n) is 2.51. The van der Waals surface area contributed by atoms with Crippen LogP contribution in [-0.2, 0) is 0 Å². The van der Waals surface area contributed by atoms with E-state index < -0.39 is 0 Å². The molecular formula is C18H38N. The first-order chi connectivity index (χ1) is 9.12. The van der Waals surface area contributed by atoms with E-state index in [1.165, 1.54) is 77.0 Å². The summed E-state index contributed by atoms with van der Waals surface area (Å²) in [5.41, 5.74) is 0.218. The van der Waals surface area contributed by atoms with E-state index >= 15 is 0 Å². The molecule has 0 atom stereocenters. The minimum Gasteiger partial charge on any atom is -0.236 e. The molecule has 1 radical (unpaired) electrons. The van der Waals surface area contributed by atoms with E-state index in [9.17, 15) is 0 Å². The number of hydrogen-bond acceptors (Lipinski definition) is 0. The summed E-state index contributed by atoms with van der Waals surface area (Å²) in [6.07, 6.45) is 16.4. The topological polar surface area (TPSA) is 14.1 Å². The summed E-state index contributed by atoms with van der Waals surface area (Å²) >= 11 is 0. The van der Waals surface area contributed by atoms with E-state index in [1.54, 1.807) is 0 Å². The zero-order chi connectivity index (χ0) is 14.4. The van der Waals surface area contributed by atoms with E-state index in [0.29, 0.717) is 0 Å². The molecule has 19 heavy (non-hydrogen) atoms. The molecule has 0 aliphatic carbocycles. The van der Waals surface area contributed by atoms with Gasteiger partial charge in [-0.15, -0.1) is 0 Å². The van der Waals surface area contributed by atoms with Gasteiger partial charge in [0.15, 0.2) is 0 Å². The summed E-state index contributed by atoms with van der Waals surface area (Å²) in [6, 6.07) is 0. The maximum atomic E-state index is 4.88. The van der Waals surface area contributed by atoms with E-state index in [1.807, 2.05) is 0 Å². The van der Waals surface area contributed by atoms with Crippen LogP contribution in [0.1, 0.15) is 105 Å². The third-order valence-corrected chi connectivity index (χ3v) is 3.94. The van der Waals surface area contributed by atoms with Gasteiger partial charge in [0.25, 0.3) is 0 Å². The Labute approximate surface area is 122 Å². The van der Waals surface area contributed by atoms with Crippen molar-refractivity contribution in [2.75, 3.05) is 6.54 Å². The van der Waals surface area contributed by atoms with Crippen molar-refractivity contribution < 1.29 is 0 Å². The van der Waals surface area contributed by atoms with Gasteiger partial charge in [-0.3, -0.25) is 0 Å². The van der Waals surface area contributed by atoms with Crippen LogP contribution in [0.5, 0.6) is 0 Å². The molecule has 0 aromatic rings. The molecule has 0 unspecified atom stereocenters. The predicted octanol–water partition coefficient (Wildman–Crippen LogP) is 6.09. The molecular weight excluding hydrogens is 230 g/mol. The Hall–Kier alpha value is -0.0400. The van der Waals surface area contributed by atoms with Gasteiger partial charge in [-0.05, 0) is 26.7 Å². The lowest BCUT2D eigenvalue weighted by Crippen LogP contribution is -2.33. The predicted molar refractivity (Wildman–Crippen MR) is 87.8 cm³/mol. The molecule has 0 heterocycles. The molecule has 0 saturated heterocycles. The van der Waals surface area contributed by atoms with Crippen LogP contribution >= 0.6 is 0 Å². The van der Waals surface area contributed by atoms with Crippen molar-refractivity contribution in [1.29, 1.82) is 0 Å². The average Bonchev–Trinajstić information content (AvgIpc) is 2.37. The van der Waals surface area contributed by atoms with Crippen molar-refractivity contribution in [1.82, 2.24) is 5.32 Å². The van der Waals surface area contributed by atoms with Gasteiger partial charge in [0.05, 0.1) is 0 Å². The van der Waals surface area contributed by atoms with Crippen LogP contribution < -0.4 is 5.32 Å². The first kappa shape index (κ1) is 19.0. The Morgan fingerprint density at radius 3 is 1.68 bits per heavy atom. The van der Waals surface area contributed by atoms with Crippen LogP contribution in [0.4, 0.5) is 0 Å². The van der Waals surface area contributed by atoms with Crippen LogP contribution in [0.25, 0.3) is 0 Å². The Morgan fingerprint density at radius 2 is 1.11 bits per heavy atom. The lowest BCUT2D eigenvalue weighted by Gasteiger charge is -2.24. The highest BCUT2D eigenvalue weighted by Crippen LogP contribution is 2.17. The van der Waals surface area contributed by atoms with Crippen LogP contribution in [0.15, 0.2) is 0 Å². The van der Waals surface area contributed by atoms with Crippen molar-refractivity contribution in [3.63, 3.8) is 0 Å². The van der Waals surface area contributed by atoms with E-state index in [4.69, 9.17) is 5.32 Å². The van der Waals surface area contributed by atoms with Crippen LogP contribution in [-0.4, -0.2) is 12.1 Å². The van der Waals surface area contributed by atoms with Crippen molar-refractivity contribution >= 4 is 0 Å². The minimum atomic E-state index is 0.218. The van der Waals surface area contributed by atoms with Crippen molar-refractivity contribution in [2.45, 2.75) is 110 Å². The van der Waals surface area contributed by atoms with Crippen LogP contribution in [0, 0.1) is 0 Å². The zero-order valence-corrected chi connectivity index (χ0v) is 14.1. The van der Waals surface area contributed by atoms with Gasteiger partial charge in [-0.25, -0.2) is 5.32 Å². The highest BCUT2D eigenvalue weighted by Gasteiger charge is 2.16. The smallest absolute Gasteiger partial charge is 0.0300 e. The van der Waals surface area contributed by atoms with Crippen molar-refractivity contribution in [3.8, 4) is 0 Å². The zero-order valence-electron chi connectivity index (χ0n) is 14.1. The molecule has 0 aromatic carbocycles. The lowest BCUT2D eigenvalue weighted by molar-refractivity contribution is 0.335. The van der Waals surface area contributed by atoms with Gasteiger partial charge in [0.1, 0.15) is 0 Å². The summed E-state index contributed by atoms with van der Waals surface area (Å²) in [6.45, 7) is 10.2. The SMILES string of the molecule is CCCCCCCCCC(C)(C)[N]CCCCCC. The molecule has 1 nitrogen and oxygen atoms in total. The second kappa shape index (κ2) is 13.0. The highest BCUT2D eigenvalue weighted by atomic mass is 14.9. The molecule has 1 heteroatoms. The summed E-state index contributed by atoms with van der Waals surface area (Å²) in [5, 5.41) is 4.88. The molecule has 0 spiro atoms. The molecule has 0 aliphatic heterocycles. The van der Waals surface area contributed by atoms with E-state index in [0.717, 1.165) is 6.54 Å². The quantitative estimate of drug-likeness (QED) is 0.338. The van der Waals surface area contributed by atoms with E-state index in [-0.39, 0.29) is 5.54 Å². The summed E-state index contributed by atoms with van der Waals surface area (Å²) in [7, 11) is 0. The highest BCUT2D eigenvalue weighted by molar-refractivity contribution is 4.76. The summed E-state index contributed by atoms with van der Waals surface area (Å²) in [4.78, 5) is 0. The van der Waals surface area contributed by atoms with Gasteiger partial charge in [0.2, 0.25) is 0 Å². The third kappa shape index (κ3) is 14.2. The molecule has 0 rings (SSSR count). The van der Waals surface area contributed by atoms with Gasteiger partial charge < -0.3 is 0 Å². The summed E-state index contributed by atoms with van der Waals surface area (Å²) in [5.74, 6) is 0. The monoisotopic (exact) mass is 268 g/mol. The Bertz CT molecular complexity index is 175. The van der Waals surface area contributed by atoms with Gasteiger partial charge >= 0.3 is 0 Å². The molecule has 115 valence electrons. The first-order valence-corrected chi connectivity index (χ1v) is 8.81. The molecule has 0 fully saturated rings. The van der Waals surface area contributed by atoms with Gasteiger partial charge in [0, 0.05) is 12.1 Å². The average molecular weight is 269 g/mol. The standard InChI is InChI=1S/C18H38N/c1-5-7-9-11-12-13-14-16-18(3,4)19-17-15-10-8-6-2/h5-17H2,1-4H3. The molecule has 0 aliphatic rings. The first-order valence-electron chi connectivity index (χ1n) is 8.81. The van der Waals surface area contributed by atoms with Crippen molar-refractivity contribution in [2.24, 2.45) is 0 Å².